The molecule has 1 heteroatoms. The van der Waals surface area contributed by atoms with Crippen LogP contribution in [-0.2, 0) is 4.79 Å². The molecule has 0 unspecified atom stereocenters. The van der Waals surface area contributed by atoms with Crippen molar-refractivity contribution in [2.45, 2.75) is 33.1 Å². The van der Waals surface area contributed by atoms with Crippen molar-refractivity contribution in [2.75, 3.05) is 0 Å². The van der Waals surface area contributed by atoms with Gasteiger partial charge in [0.25, 0.3) is 0 Å². The Morgan fingerprint density at radius 1 is 1.54 bits per heavy atom. The molecule has 0 N–H and O–H groups in total. The fourth-order valence-corrected chi connectivity index (χ4v) is 1.97. The van der Waals surface area contributed by atoms with Crippen molar-refractivity contribution in [1.29, 1.82) is 0 Å². The summed E-state index contributed by atoms with van der Waals surface area (Å²) < 4.78 is 0. The van der Waals surface area contributed by atoms with Gasteiger partial charge in [0, 0.05) is 5.41 Å². The average Bonchev–Trinajstić information content (AvgIpc) is 2.75. The predicted molar refractivity (Wildman–Crippen MR) is 53.4 cm³/mol. The van der Waals surface area contributed by atoms with E-state index >= 15 is 0 Å². The minimum absolute atomic E-state index is 0.0488. The van der Waals surface area contributed by atoms with Crippen LogP contribution in [0, 0.1) is 11.3 Å². The topological polar surface area (TPSA) is 17.1 Å². The van der Waals surface area contributed by atoms with Gasteiger partial charge in [-0.05, 0) is 42.4 Å². The Balaban J connectivity index is 2.16. The van der Waals surface area contributed by atoms with Crippen molar-refractivity contribution in [1.82, 2.24) is 0 Å². The maximum absolute atomic E-state index is 11.6. The maximum Gasteiger partial charge on any atom is 0.162 e. The van der Waals surface area contributed by atoms with Gasteiger partial charge < -0.3 is 0 Å². The lowest BCUT2D eigenvalue weighted by atomic mass is 9.93. The molecule has 0 aromatic rings. The van der Waals surface area contributed by atoms with E-state index in [0.29, 0.717) is 11.7 Å². The molecule has 0 aromatic carbocycles. The first-order valence-corrected chi connectivity index (χ1v) is 4.99. The maximum atomic E-state index is 11.6. The summed E-state index contributed by atoms with van der Waals surface area (Å²) in [6, 6.07) is 0. The molecule has 0 atom stereocenters. The zero-order valence-corrected chi connectivity index (χ0v) is 8.39. The van der Waals surface area contributed by atoms with E-state index in [1.807, 2.05) is 6.08 Å². The minimum Gasteiger partial charge on any atom is -0.294 e. The third-order valence-electron chi connectivity index (χ3n) is 3.32. The summed E-state index contributed by atoms with van der Waals surface area (Å²) in [5.41, 5.74) is 2.40. The van der Waals surface area contributed by atoms with E-state index < -0.39 is 0 Å². The number of hydrogen-bond acceptors (Lipinski definition) is 1. The first-order chi connectivity index (χ1) is 6.05. The fourth-order valence-electron chi connectivity index (χ4n) is 1.97. The quantitative estimate of drug-likeness (QED) is 0.632. The zero-order chi connectivity index (χ0) is 9.64. The Hall–Kier alpha value is -0.850. The molecule has 70 valence electrons. The fraction of sp³-hybridized carbons (Fsp3) is 0.583. The Bertz CT molecular complexity index is 303. The van der Waals surface area contributed by atoms with Crippen LogP contribution < -0.4 is 0 Å². The van der Waals surface area contributed by atoms with Crippen LogP contribution in [-0.4, -0.2) is 5.78 Å². The van der Waals surface area contributed by atoms with Crippen LogP contribution in [0.4, 0.5) is 0 Å². The average molecular weight is 176 g/mol. The van der Waals surface area contributed by atoms with Gasteiger partial charge in [0.15, 0.2) is 5.78 Å². The van der Waals surface area contributed by atoms with E-state index in [0.717, 1.165) is 24.8 Å². The Kier molecular flexibility index (Phi) is 1.73. The van der Waals surface area contributed by atoms with Crippen molar-refractivity contribution in [3.05, 3.63) is 23.8 Å². The second-order valence-electron chi connectivity index (χ2n) is 4.67. The predicted octanol–water partition coefficient (Wildman–Crippen LogP) is 2.88. The zero-order valence-electron chi connectivity index (χ0n) is 8.39. The monoisotopic (exact) mass is 176 g/mol. The van der Waals surface area contributed by atoms with E-state index in [2.05, 4.69) is 20.4 Å². The highest BCUT2D eigenvalue weighted by atomic mass is 16.1. The number of hydrogen-bond donors (Lipinski definition) is 0. The summed E-state index contributed by atoms with van der Waals surface area (Å²) in [5, 5.41) is 0. The number of ketones is 1. The van der Waals surface area contributed by atoms with Crippen LogP contribution in [0.2, 0.25) is 0 Å². The van der Waals surface area contributed by atoms with Gasteiger partial charge >= 0.3 is 0 Å². The highest BCUT2D eigenvalue weighted by Crippen LogP contribution is 2.56. The van der Waals surface area contributed by atoms with Gasteiger partial charge in [-0.1, -0.05) is 20.4 Å². The number of rotatable bonds is 2. The van der Waals surface area contributed by atoms with Gasteiger partial charge in [0.2, 0.25) is 0 Å². The Morgan fingerprint density at radius 3 is 2.54 bits per heavy atom. The molecule has 13 heavy (non-hydrogen) atoms. The second-order valence-corrected chi connectivity index (χ2v) is 4.67. The Morgan fingerprint density at radius 2 is 2.15 bits per heavy atom. The van der Waals surface area contributed by atoms with Gasteiger partial charge in [-0.2, -0.15) is 0 Å². The first-order valence-electron chi connectivity index (χ1n) is 4.99. The minimum atomic E-state index is 0.0488. The summed E-state index contributed by atoms with van der Waals surface area (Å²) in [6.45, 7) is 8.30. The third-order valence-corrected chi connectivity index (χ3v) is 3.32. The molecule has 0 aliphatic heterocycles. The third kappa shape index (κ3) is 1.27. The van der Waals surface area contributed by atoms with Crippen molar-refractivity contribution in [3.63, 3.8) is 0 Å². The molecule has 1 nitrogen and oxygen atoms in total. The smallest absolute Gasteiger partial charge is 0.162 e. The van der Waals surface area contributed by atoms with Crippen LogP contribution in [0.5, 0.6) is 0 Å². The number of carbonyl (C=O) groups is 1. The molecule has 1 spiro atoms. The highest BCUT2D eigenvalue weighted by molar-refractivity contribution is 6.01. The van der Waals surface area contributed by atoms with Gasteiger partial charge in [-0.25, -0.2) is 0 Å². The van der Waals surface area contributed by atoms with Crippen LogP contribution in [0.3, 0.4) is 0 Å². The van der Waals surface area contributed by atoms with Crippen LogP contribution >= 0.6 is 0 Å². The second kappa shape index (κ2) is 2.57. The molecular formula is C12H16O. The van der Waals surface area contributed by atoms with Crippen LogP contribution in [0.15, 0.2) is 23.8 Å². The summed E-state index contributed by atoms with van der Waals surface area (Å²) in [6.07, 6.45) is 4.98. The van der Waals surface area contributed by atoms with E-state index in [1.165, 1.54) is 5.57 Å². The molecule has 1 saturated carbocycles. The van der Waals surface area contributed by atoms with E-state index in [4.69, 9.17) is 0 Å². The Labute approximate surface area is 79.5 Å². The van der Waals surface area contributed by atoms with E-state index in [1.54, 1.807) is 0 Å². The van der Waals surface area contributed by atoms with E-state index in [-0.39, 0.29) is 5.41 Å². The summed E-state index contributed by atoms with van der Waals surface area (Å²) in [5.74, 6) is 0.817. The van der Waals surface area contributed by atoms with Crippen molar-refractivity contribution in [3.8, 4) is 0 Å². The van der Waals surface area contributed by atoms with Crippen molar-refractivity contribution in [2.24, 2.45) is 11.3 Å². The lowest BCUT2D eigenvalue weighted by Crippen LogP contribution is -2.06. The molecule has 1 fully saturated rings. The number of allylic oxidation sites excluding steroid dienone is 3. The molecule has 2 aliphatic rings. The summed E-state index contributed by atoms with van der Waals surface area (Å²) in [4.78, 5) is 11.6. The summed E-state index contributed by atoms with van der Waals surface area (Å²) >= 11 is 0. The van der Waals surface area contributed by atoms with Gasteiger partial charge in [0.05, 0.1) is 0 Å². The van der Waals surface area contributed by atoms with E-state index in [9.17, 15) is 4.79 Å². The van der Waals surface area contributed by atoms with Crippen molar-refractivity contribution >= 4 is 5.78 Å². The normalized spacial score (nSPS) is 23.9. The molecule has 0 aromatic heterocycles. The van der Waals surface area contributed by atoms with Crippen molar-refractivity contribution < 1.29 is 4.79 Å². The van der Waals surface area contributed by atoms with Crippen LogP contribution in [0.1, 0.15) is 33.1 Å². The molecule has 0 radical (unpaired) electrons. The summed E-state index contributed by atoms with van der Waals surface area (Å²) in [7, 11) is 0. The molecule has 0 amide bonds. The molecule has 2 aliphatic carbocycles. The molecular weight excluding hydrogens is 160 g/mol. The lowest BCUT2D eigenvalue weighted by Gasteiger charge is -2.11. The number of carbonyl (C=O) groups excluding carboxylic acids is 1. The van der Waals surface area contributed by atoms with Gasteiger partial charge in [0.1, 0.15) is 0 Å². The SMILES string of the molecule is C=C(C1=CC(=O)C2(CC2)C1)C(C)C. The first kappa shape index (κ1) is 8.74. The molecule has 0 saturated heterocycles. The molecule has 0 heterocycles. The van der Waals surface area contributed by atoms with Gasteiger partial charge in [-0.3, -0.25) is 4.79 Å². The molecule has 0 bridgehead atoms. The van der Waals surface area contributed by atoms with Crippen LogP contribution in [0.25, 0.3) is 0 Å². The highest BCUT2D eigenvalue weighted by Gasteiger charge is 2.52. The largest absolute Gasteiger partial charge is 0.294 e. The standard InChI is InChI=1S/C12H16O/c1-8(2)9(3)10-6-11(13)12(7-10)4-5-12/h6,8H,3-5,7H2,1-2H3. The molecule has 2 rings (SSSR count). The lowest BCUT2D eigenvalue weighted by molar-refractivity contribution is -0.118. The van der Waals surface area contributed by atoms with Gasteiger partial charge in [-0.15, -0.1) is 0 Å².